The third-order valence-corrected chi connectivity index (χ3v) is 8.14. The monoisotopic (exact) mass is 523 g/mol. The van der Waals surface area contributed by atoms with Gasteiger partial charge in [0.1, 0.15) is 0 Å². The molecule has 0 rings (SSSR count). The molecule has 37 heavy (non-hydrogen) atoms. The summed E-state index contributed by atoms with van der Waals surface area (Å²) >= 11 is 0. The molecule has 0 aromatic heterocycles. The maximum absolute atomic E-state index is 12.2. The minimum Gasteiger partial charge on any atom is -0.465 e. The Hall–Kier alpha value is -0.530. The zero-order valence-electron chi connectivity index (χ0n) is 26.1. The zero-order chi connectivity index (χ0) is 27.1. The molecule has 0 radical (unpaired) electrons. The maximum atomic E-state index is 12.2. The van der Waals surface area contributed by atoms with Gasteiger partial charge in [-0.2, -0.15) is 0 Å². The Kier molecular flexibility index (Phi) is 31.2. The maximum Gasteiger partial charge on any atom is 0.308 e. The van der Waals surface area contributed by atoms with Crippen molar-refractivity contribution in [3.05, 3.63) is 0 Å². The van der Waals surface area contributed by atoms with E-state index in [1.807, 2.05) is 0 Å². The van der Waals surface area contributed by atoms with Crippen LogP contribution in [0.5, 0.6) is 0 Å². The number of ether oxygens (including phenoxy) is 1. The van der Waals surface area contributed by atoms with Gasteiger partial charge in [-0.15, -0.1) is 0 Å². The van der Waals surface area contributed by atoms with Crippen LogP contribution in [0.15, 0.2) is 0 Å². The van der Waals surface area contributed by atoms with Gasteiger partial charge in [0.15, 0.2) is 0 Å². The molecule has 0 aliphatic heterocycles. The first-order chi connectivity index (χ1) is 18.2. The Labute approximate surface area is 234 Å². The quantitative estimate of drug-likeness (QED) is 0.0668. The van der Waals surface area contributed by atoms with Crippen LogP contribution < -0.4 is 0 Å². The van der Waals surface area contributed by atoms with Gasteiger partial charge in [-0.05, 0) is 12.8 Å². The van der Waals surface area contributed by atoms with Crippen molar-refractivity contribution in [1.82, 2.24) is 0 Å². The van der Waals surface area contributed by atoms with Crippen molar-refractivity contribution in [2.75, 3.05) is 6.61 Å². The first-order valence-corrected chi connectivity index (χ1v) is 17.4. The van der Waals surface area contributed by atoms with Gasteiger partial charge in [0, 0.05) is 0 Å². The SMILES string of the molecule is CCCCCCCCCCCCCCCCOC(=O)C(C)CCCCCCCCCCCCCCCC. The van der Waals surface area contributed by atoms with E-state index >= 15 is 0 Å². The van der Waals surface area contributed by atoms with E-state index in [2.05, 4.69) is 20.8 Å². The lowest BCUT2D eigenvalue weighted by Gasteiger charge is -2.11. The van der Waals surface area contributed by atoms with Gasteiger partial charge in [0.05, 0.1) is 12.5 Å². The Bertz CT molecular complexity index is 433. The topological polar surface area (TPSA) is 26.3 Å². The van der Waals surface area contributed by atoms with Crippen LogP contribution in [0, 0.1) is 5.92 Å². The standard InChI is InChI=1S/C35H70O2/c1-4-6-8-10-12-14-16-18-20-22-24-26-28-30-32-34(3)35(36)37-33-31-29-27-25-23-21-19-17-15-13-11-9-7-5-2/h34H,4-33H2,1-3H3. The first kappa shape index (κ1) is 36.5. The number of esters is 1. The van der Waals surface area contributed by atoms with Crippen molar-refractivity contribution in [3.63, 3.8) is 0 Å². The molecule has 0 aliphatic carbocycles. The van der Waals surface area contributed by atoms with Gasteiger partial charge in [-0.25, -0.2) is 0 Å². The van der Waals surface area contributed by atoms with E-state index in [0.29, 0.717) is 6.61 Å². The lowest BCUT2D eigenvalue weighted by atomic mass is 10.0. The molecule has 0 saturated carbocycles. The third-order valence-electron chi connectivity index (χ3n) is 8.14. The van der Waals surface area contributed by atoms with E-state index in [1.165, 1.54) is 173 Å². The molecule has 0 bridgehead atoms. The lowest BCUT2D eigenvalue weighted by Crippen LogP contribution is -2.15. The minimum absolute atomic E-state index is 0.0318. The predicted octanol–water partition coefficient (Wildman–Crippen LogP) is 12.5. The fourth-order valence-electron chi connectivity index (χ4n) is 5.37. The van der Waals surface area contributed by atoms with Gasteiger partial charge >= 0.3 is 5.97 Å². The van der Waals surface area contributed by atoms with Crippen LogP contribution >= 0.6 is 0 Å². The van der Waals surface area contributed by atoms with Crippen LogP contribution in [-0.4, -0.2) is 12.6 Å². The molecule has 0 aliphatic rings. The summed E-state index contributed by atoms with van der Waals surface area (Å²) in [5.41, 5.74) is 0. The molecule has 0 spiro atoms. The number of rotatable bonds is 31. The van der Waals surface area contributed by atoms with Gasteiger partial charge in [0.25, 0.3) is 0 Å². The largest absolute Gasteiger partial charge is 0.465 e. The molecule has 1 unspecified atom stereocenters. The van der Waals surface area contributed by atoms with Crippen LogP contribution in [0.1, 0.15) is 207 Å². The summed E-state index contributed by atoms with van der Waals surface area (Å²) in [6.07, 6.45) is 39.4. The van der Waals surface area contributed by atoms with E-state index in [-0.39, 0.29) is 11.9 Å². The molecule has 0 N–H and O–H groups in total. The molecule has 0 amide bonds. The Morgan fingerprint density at radius 3 is 1.03 bits per heavy atom. The van der Waals surface area contributed by atoms with E-state index in [1.54, 1.807) is 0 Å². The zero-order valence-corrected chi connectivity index (χ0v) is 26.1. The summed E-state index contributed by atoms with van der Waals surface area (Å²) in [7, 11) is 0. The van der Waals surface area contributed by atoms with Crippen LogP contribution in [-0.2, 0) is 9.53 Å². The summed E-state index contributed by atoms with van der Waals surface area (Å²) in [5.74, 6) is 0.105. The smallest absolute Gasteiger partial charge is 0.308 e. The van der Waals surface area contributed by atoms with Crippen molar-refractivity contribution in [2.24, 2.45) is 5.92 Å². The highest BCUT2D eigenvalue weighted by Crippen LogP contribution is 2.16. The molecular weight excluding hydrogens is 452 g/mol. The van der Waals surface area contributed by atoms with Crippen LogP contribution in [0.2, 0.25) is 0 Å². The Balaban J connectivity index is 3.27. The molecule has 0 saturated heterocycles. The molecule has 2 heteroatoms. The second-order valence-electron chi connectivity index (χ2n) is 12.0. The number of hydrogen-bond donors (Lipinski definition) is 0. The molecule has 0 aromatic rings. The normalized spacial score (nSPS) is 12.2. The van der Waals surface area contributed by atoms with Crippen LogP contribution in [0.4, 0.5) is 0 Å². The highest BCUT2D eigenvalue weighted by atomic mass is 16.5. The molecular formula is C35H70O2. The number of unbranched alkanes of at least 4 members (excludes halogenated alkanes) is 26. The molecule has 0 aromatic carbocycles. The van der Waals surface area contributed by atoms with E-state index in [4.69, 9.17) is 4.74 Å². The fourth-order valence-corrected chi connectivity index (χ4v) is 5.37. The third kappa shape index (κ3) is 29.9. The Morgan fingerprint density at radius 1 is 0.432 bits per heavy atom. The fraction of sp³-hybridized carbons (Fsp3) is 0.971. The molecule has 0 heterocycles. The van der Waals surface area contributed by atoms with E-state index in [9.17, 15) is 4.79 Å². The number of hydrogen-bond acceptors (Lipinski definition) is 2. The van der Waals surface area contributed by atoms with Crippen molar-refractivity contribution >= 4 is 5.97 Å². The van der Waals surface area contributed by atoms with E-state index < -0.39 is 0 Å². The average molecular weight is 523 g/mol. The number of carbonyl (C=O) groups excluding carboxylic acids is 1. The van der Waals surface area contributed by atoms with Crippen molar-refractivity contribution in [2.45, 2.75) is 207 Å². The second kappa shape index (κ2) is 31.7. The van der Waals surface area contributed by atoms with Gasteiger partial charge < -0.3 is 4.74 Å². The van der Waals surface area contributed by atoms with Gasteiger partial charge in [-0.1, -0.05) is 194 Å². The van der Waals surface area contributed by atoms with Gasteiger partial charge in [0.2, 0.25) is 0 Å². The lowest BCUT2D eigenvalue weighted by molar-refractivity contribution is -0.148. The average Bonchev–Trinajstić information content (AvgIpc) is 2.90. The number of carbonyl (C=O) groups is 1. The second-order valence-corrected chi connectivity index (χ2v) is 12.0. The van der Waals surface area contributed by atoms with Gasteiger partial charge in [-0.3, -0.25) is 4.79 Å². The van der Waals surface area contributed by atoms with E-state index in [0.717, 1.165) is 12.8 Å². The summed E-state index contributed by atoms with van der Waals surface area (Å²) in [6.45, 7) is 7.25. The highest BCUT2D eigenvalue weighted by molar-refractivity contribution is 5.71. The summed E-state index contributed by atoms with van der Waals surface area (Å²) in [5, 5.41) is 0. The first-order valence-electron chi connectivity index (χ1n) is 17.4. The molecule has 1 atom stereocenters. The summed E-state index contributed by atoms with van der Waals surface area (Å²) in [6, 6.07) is 0. The molecule has 222 valence electrons. The van der Waals surface area contributed by atoms with Crippen molar-refractivity contribution in [1.29, 1.82) is 0 Å². The van der Waals surface area contributed by atoms with Crippen molar-refractivity contribution in [3.8, 4) is 0 Å². The van der Waals surface area contributed by atoms with Crippen LogP contribution in [0.25, 0.3) is 0 Å². The Morgan fingerprint density at radius 2 is 0.703 bits per heavy atom. The highest BCUT2D eigenvalue weighted by Gasteiger charge is 2.13. The molecule has 2 nitrogen and oxygen atoms in total. The summed E-state index contributed by atoms with van der Waals surface area (Å²) in [4.78, 5) is 12.2. The molecule has 0 fully saturated rings. The van der Waals surface area contributed by atoms with Crippen molar-refractivity contribution < 1.29 is 9.53 Å². The minimum atomic E-state index is 0.0318. The predicted molar refractivity (Wildman–Crippen MR) is 165 cm³/mol. The van der Waals surface area contributed by atoms with Crippen LogP contribution in [0.3, 0.4) is 0 Å². The summed E-state index contributed by atoms with van der Waals surface area (Å²) < 4.78 is 5.54.